The number of carbonyl (C=O) groups is 1. The van der Waals surface area contributed by atoms with Gasteiger partial charge in [-0.1, -0.05) is 25.4 Å². The molecule has 158 valence electrons. The summed E-state index contributed by atoms with van der Waals surface area (Å²) in [6, 6.07) is 8.20. The van der Waals surface area contributed by atoms with E-state index in [2.05, 4.69) is 30.0 Å². The van der Waals surface area contributed by atoms with Gasteiger partial charge in [-0.05, 0) is 66.8 Å². The molecule has 0 saturated heterocycles. The van der Waals surface area contributed by atoms with Crippen molar-refractivity contribution in [3.63, 3.8) is 0 Å². The van der Waals surface area contributed by atoms with Crippen molar-refractivity contribution in [3.05, 3.63) is 57.6 Å². The molecular weight excluding hydrogens is 412 g/mol. The first-order valence-corrected chi connectivity index (χ1v) is 11.5. The van der Waals surface area contributed by atoms with Gasteiger partial charge in [0.15, 0.2) is 0 Å². The molecule has 2 N–H and O–H groups in total. The quantitative estimate of drug-likeness (QED) is 0.659. The zero-order valence-corrected chi connectivity index (χ0v) is 19.0. The molecule has 0 heterocycles. The molecule has 6 nitrogen and oxygen atoms in total. The number of nitrogens with one attached hydrogen (secondary N) is 2. The van der Waals surface area contributed by atoms with Gasteiger partial charge in [0.1, 0.15) is 5.75 Å². The largest absolute Gasteiger partial charge is 0.496 e. The van der Waals surface area contributed by atoms with Crippen LogP contribution in [0.3, 0.4) is 0 Å². The lowest BCUT2D eigenvalue weighted by Crippen LogP contribution is -2.27. The summed E-state index contributed by atoms with van der Waals surface area (Å²) < 4.78 is 30.5. The smallest absolute Gasteiger partial charge is 0.253 e. The minimum Gasteiger partial charge on any atom is -0.496 e. The van der Waals surface area contributed by atoms with Crippen molar-refractivity contribution in [2.45, 2.75) is 39.7 Å². The Balaban J connectivity index is 2.26. The number of ether oxygens (including phenoxy) is 1. The molecule has 1 amide bonds. The SMILES string of the molecule is COc1cc(C)c([C@@H](C)NC(=O)c2ccc(NS(C)(=O)=O)cc2Cl)cc1C(C)C. The van der Waals surface area contributed by atoms with E-state index in [9.17, 15) is 13.2 Å². The van der Waals surface area contributed by atoms with Crippen LogP contribution in [-0.4, -0.2) is 27.7 Å². The Morgan fingerprint density at radius 3 is 2.28 bits per heavy atom. The molecule has 0 aliphatic carbocycles. The number of anilines is 1. The second kappa shape index (κ2) is 9.05. The Bertz CT molecular complexity index is 1020. The number of methoxy groups -OCH3 is 1. The van der Waals surface area contributed by atoms with E-state index in [1.165, 1.54) is 18.2 Å². The van der Waals surface area contributed by atoms with E-state index in [0.29, 0.717) is 5.69 Å². The number of carbonyl (C=O) groups excluding carboxylic acids is 1. The minimum atomic E-state index is -3.42. The monoisotopic (exact) mass is 438 g/mol. The number of sulfonamides is 1. The fourth-order valence-corrected chi connectivity index (χ4v) is 3.96. The normalized spacial score (nSPS) is 12.6. The Labute approximate surface area is 177 Å². The van der Waals surface area contributed by atoms with Gasteiger partial charge in [-0.2, -0.15) is 0 Å². The van der Waals surface area contributed by atoms with Crippen LogP contribution < -0.4 is 14.8 Å². The van der Waals surface area contributed by atoms with Crippen LogP contribution in [0.25, 0.3) is 0 Å². The fourth-order valence-electron chi connectivity index (χ4n) is 3.14. The molecule has 0 radical (unpaired) electrons. The molecule has 1 atom stereocenters. The molecule has 2 rings (SSSR count). The van der Waals surface area contributed by atoms with Crippen molar-refractivity contribution in [1.29, 1.82) is 0 Å². The van der Waals surface area contributed by atoms with Crippen LogP contribution in [-0.2, 0) is 10.0 Å². The predicted octanol–water partition coefficient (Wildman–Crippen LogP) is 4.64. The molecule has 0 saturated carbocycles. The lowest BCUT2D eigenvalue weighted by atomic mass is 9.93. The number of amides is 1. The molecule has 0 bridgehead atoms. The molecule has 8 heteroatoms. The Morgan fingerprint density at radius 2 is 1.76 bits per heavy atom. The summed E-state index contributed by atoms with van der Waals surface area (Å²) in [7, 11) is -1.77. The number of halogens is 1. The average molecular weight is 439 g/mol. The van der Waals surface area contributed by atoms with Gasteiger partial charge in [-0.3, -0.25) is 9.52 Å². The Hall–Kier alpha value is -2.25. The van der Waals surface area contributed by atoms with Gasteiger partial charge in [0, 0.05) is 5.69 Å². The van der Waals surface area contributed by atoms with E-state index in [1.54, 1.807) is 7.11 Å². The lowest BCUT2D eigenvalue weighted by molar-refractivity contribution is 0.0940. The first kappa shape index (κ1) is 23.0. The van der Waals surface area contributed by atoms with Crippen molar-refractivity contribution in [3.8, 4) is 5.75 Å². The van der Waals surface area contributed by atoms with E-state index in [0.717, 1.165) is 28.7 Å². The highest BCUT2D eigenvalue weighted by molar-refractivity contribution is 7.92. The highest BCUT2D eigenvalue weighted by Crippen LogP contribution is 2.32. The second-order valence-corrected chi connectivity index (χ2v) is 9.53. The maximum Gasteiger partial charge on any atom is 0.253 e. The van der Waals surface area contributed by atoms with Gasteiger partial charge in [0.05, 0.1) is 30.0 Å². The molecule has 0 aromatic heterocycles. The summed E-state index contributed by atoms with van der Waals surface area (Å²) in [6.45, 7) is 8.06. The van der Waals surface area contributed by atoms with Crippen molar-refractivity contribution in [2.75, 3.05) is 18.1 Å². The van der Waals surface area contributed by atoms with E-state index < -0.39 is 10.0 Å². The van der Waals surface area contributed by atoms with Crippen molar-refractivity contribution < 1.29 is 17.9 Å². The molecule has 0 aliphatic heterocycles. The Kier molecular flexibility index (Phi) is 7.19. The second-order valence-electron chi connectivity index (χ2n) is 7.37. The van der Waals surface area contributed by atoms with Gasteiger partial charge in [-0.25, -0.2) is 8.42 Å². The molecule has 0 fully saturated rings. The number of hydrogen-bond donors (Lipinski definition) is 2. The van der Waals surface area contributed by atoms with Gasteiger partial charge >= 0.3 is 0 Å². The van der Waals surface area contributed by atoms with Crippen LogP contribution in [0.1, 0.15) is 59.8 Å². The summed E-state index contributed by atoms with van der Waals surface area (Å²) >= 11 is 6.21. The summed E-state index contributed by atoms with van der Waals surface area (Å²) in [5.41, 5.74) is 3.65. The molecule has 29 heavy (non-hydrogen) atoms. The third-order valence-electron chi connectivity index (χ3n) is 4.57. The highest BCUT2D eigenvalue weighted by Gasteiger charge is 2.19. The summed E-state index contributed by atoms with van der Waals surface area (Å²) in [6.07, 6.45) is 1.05. The van der Waals surface area contributed by atoms with Crippen LogP contribution >= 0.6 is 11.6 Å². The van der Waals surface area contributed by atoms with Crippen molar-refractivity contribution in [2.24, 2.45) is 0 Å². The van der Waals surface area contributed by atoms with Gasteiger partial charge in [0.2, 0.25) is 10.0 Å². The average Bonchev–Trinajstić information content (AvgIpc) is 2.59. The van der Waals surface area contributed by atoms with Gasteiger partial charge in [-0.15, -0.1) is 0 Å². The van der Waals surface area contributed by atoms with Crippen molar-refractivity contribution in [1.82, 2.24) is 5.32 Å². The standard InChI is InChI=1S/C21H27ClN2O4S/c1-12(2)17-11-18(13(3)9-20(17)28-5)14(4)23-21(25)16-8-7-15(10-19(16)22)24-29(6,26)27/h7-12,14,24H,1-6H3,(H,23,25)/t14-/m1/s1. The zero-order chi connectivity index (χ0) is 21.9. The van der Waals surface area contributed by atoms with Crippen LogP contribution in [0.2, 0.25) is 5.02 Å². The van der Waals surface area contributed by atoms with E-state index in [-0.39, 0.29) is 28.5 Å². The number of benzene rings is 2. The van der Waals surface area contributed by atoms with Crippen LogP contribution in [0.5, 0.6) is 5.75 Å². The highest BCUT2D eigenvalue weighted by atomic mass is 35.5. The molecule has 2 aromatic rings. The molecule has 2 aromatic carbocycles. The summed E-state index contributed by atoms with van der Waals surface area (Å²) in [5, 5.41) is 3.13. The van der Waals surface area contributed by atoms with Gasteiger partial charge in [0.25, 0.3) is 5.91 Å². The number of hydrogen-bond acceptors (Lipinski definition) is 4. The number of rotatable bonds is 7. The van der Waals surface area contributed by atoms with Crippen LogP contribution in [0.4, 0.5) is 5.69 Å². The molecule has 0 spiro atoms. The summed E-state index contributed by atoms with van der Waals surface area (Å²) in [5.74, 6) is 0.767. The fraction of sp³-hybridized carbons (Fsp3) is 0.381. The zero-order valence-electron chi connectivity index (χ0n) is 17.5. The minimum absolute atomic E-state index is 0.165. The summed E-state index contributed by atoms with van der Waals surface area (Å²) in [4.78, 5) is 12.7. The predicted molar refractivity (Wildman–Crippen MR) is 118 cm³/mol. The first-order valence-electron chi connectivity index (χ1n) is 9.19. The van der Waals surface area contributed by atoms with Crippen LogP contribution in [0, 0.1) is 6.92 Å². The lowest BCUT2D eigenvalue weighted by Gasteiger charge is -2.21. The van der Waals surface area contributed by atoms with E-state index >= 15 is 0 Å². The molecule has 0 unspecified atom stereocenters. The van der Waals surface area contributed by atoms with Crippen molar-refractivity contribution >= 4 is 33.2 Å². The number of aryl methyl sites for hydroxylation is 1. The van der Waals surface area contributed by atoms with E-state index in [4.69, 9.17) is 16.3 Å². The van der Waals surface area contributed by atoms with E-state index in [1.807, 2.05) is 19.9 Å². The topological polar surface area (TPSA) is 84.5 Å². The van der Waals surface area contributed by atoms with Crippen LogP contribution in [0.15, 0.2) is 30.3 Å². The third-order valence-corrected chi connectivity index (χ3v) is 5.49. The molecule has 0 aliphatic rings. The first-order chi connectivity index (χ1) is 13.4. The Morgan fingerprint density at radius 1 is 1.10 bits per heavy atom. The maximum absolute atomic E-state index is 12.7. The van der Waals surface area contributed by atoms with Gasteiger partial charge < -0.3 is 10.1 Å². The molecular formula is C21H27ClN2O4S. The third kappa shape index (κ3) is 5.87. The maximum atomic E-state index is 12.7.